The van der Waals surface area contributed by atoms with Crippen LogP contribution in [0.25, 0.3) is 0 Å². The van der Waals surface area contributed by atoms with Crippen LogP contribution in [0.2, 0.25) is 0 Å². The second kappa shape index (κ2) is 7.45. The summed E-state index contributed by atoms with van der Waals surface area (Å²) < 4.78 is 0. The minimum Gasteiger partial charge on any atom is -0.324 e. The summed E-state index contributed by atoms with van der Waals surface area (Å²) >= 11 is 0. The maximum absolute atomic E-state index is 12.4. The highest BCUT2D eigenvalue weighted by Crippen LogP contribution is 2.19. The Kier molecular flexibility index (Phi) is 4.90. The van der Waals surface area contributed by atoms with Crippen molar-refractivity contribution in [1.82, 2.24) is 9.97 Å². The van der Waals surface area contributed by atoms with E-state index in [9.17, 15) is 4.79 Å². The predicted octanol–water partition coefficient (Wildman–Crippen LogP) is 3.96. The van der Waals surface area contributed by atoms with E-state index >= 15 is 0 Å². The van der Waals surface area contributed by atoms with Crippen molar-refractivity contribution in [3.8, 4) is 6.07 Å². The van der Waals surface area contributed by atoms with Crippen LogP contribution in [-0.2, 0) is 0 Å². The van der Waals surface area contributed by atoms with Gasteiger partial charge in [-0.3, -0.25) is 4.79 Å². The number of hydrogen-bond acceptors (Lipinski definition) is 5. The summed E-state index contributed by atoms with van der Waals surface area (Å²) in [6.45, 7) is 3.82. The molecule has 128 valence electrons. The van der Waals surface area contributed by atoms with Gasteiger partial charge in [-0.2, -0.15) is 5.26 Å². The number of aryl methyl sites for hydroxylation is 2. The quantitative estimate of drug-likeness (QED) is 0.748. The van der Waals surface area contributed by atoms with Gasteiger partial charge < -0.3 is 10.6 Å². The van der Waals surface area contributed by atoms with Crippen LogP contribution in [0.1, 0.15) is 27.3 Å². The third-order valence-corrected chi connectivity index (χ3v) is 3.61. The highest BCUT2D eigenvalue weighted by atomic mass is 16.1. The molecule has 6 nitrogen and oxygen atoms in total. The molecule has 1 aromatic heterocycles. The molecule has 0 fully saturated rings. The van der Waals surface area contributed by atoms with Gasteiger partial charge >= 0.3 is 0 Å². The molecule has 26 heavy (non-hydrogen) atoms. The number of anilines is 3. The van der Waals surface area contributed by atoms with Gasteiger partial charge in [-0.1, -0.05) is 12.1 Å². The van der Waals surface area contributed by atoms with Gasteiger partial charge in [-0.25, -0.2) is 9.97 Å². The zero-order valence-corrected chi connectivity index (χ0v) is 14.4. The van der Waals surface area contributed by atoms with Crippen LogP contribution in [0, 0.1) is 25.2 Å². The summed E-state index contributed by atoms with van der Waals surface area (Å²) in [5.74, 6) is 0.231. The molecule has 3 rings (SSSR count). The molecule has 1 heterocycles. The summed E-state index contributed by atoms with van der Waals surface area (Å²) in [4.78, 5) is 21.1. The molecule has 2 aromatic carbocycles. The number of nitrogens with one attached hydrogen (secondary N) is 2. The predicted molar refractivity (Wildman–Crippen MR) is 100 cm³/mol. The fourth-order valence-electron chi connectivity index (χ4n) is 2.52. The molecule has 3 aromatic rings. The molecule has 2 N–H and O–H groups in total. The normalized spacial score (nSPS) is 10.0. The number of carbonyl (C=O) groups is 1. The van der Waals surface area contributed by atoms with Crippen LogP contribution in [0.15, 0.2) is 54.6 Å². The number of aromatic nitrogens is 2. The van der Waals surface area contributed by atoms with Crippen LogP contribution < -0.4 is 10.6 Å². The molecule has 0 unspecified atom stereocenters. The first kappa shape index (κ1) is 17.1. The van der Waals surface area contributed by atoms with Gasteiger partial charge in [0.2, 0.25) is 5.95 Å². The van der Waals surface area contributed by atoms with Crippen molar-refractivity contribution in [3.63, 3.8) is 0 Å². The fraction of sp³-hybridized carbons (Fsp3) is 0.100. The van der Waals surface area contributed by atoms with Crippen LogP contribution in [0.5, 0.6) is 0 Å². The lowest BCUT2D eigenvalue weighted by Crippen LogP contribution is -2.12. The monoisotopic (exact) mass is 343 g/mol. The first-order chi connectivity index (χ1) is 12.5. The highest BCUT2D eigenvalue weighted by Gasteiger charge is 2.08. The van der Waals surface area contributed by atoms with Crippen molar-refractivity contribution in [2.45, 2.75) is 13.8 Å². The maximum atomic E-state index is 12.4. The molecule has 6 heteroatoms. The Morgan fingerprint density at radius 3 is 2.38 bits per heavy atom. The van der Waals surface area contributed by atoms with E-state index in [0.717, 1.165) is 17.1 Å². The standard InChI is InChI=1S/C20H17N5O/c1-13-9-14(2)23-20(22-13)25-18-8-4-7-17(11-18)24-19(26)16-6-3-5-15(10-16)12-21/h3-11H,1-2H3,(H,24,26)(H,22,23,25). The van der Waals surface area contributed by atoms with Gasteiger partial charge in [0.25, 0.3) is 5.91 Å². The Hall–Kier alpha value is -3.72. The third kappa shape index (κ3) is 4.22. The summed E-state index contributed by atoms with van der Waals surface area (Å²) in [6.07, 6.45) is 0. The van der Waals surface area contributed by atoms with E-state index in [-0.39, 0.29) is 5.91 Å². The van der Waals surface area contributed by atoms with E-state index < -0.39 is 0 Å². The largest absolute Gasteiger partial charge is 0.324 e. The van der Waals surface area contributed by atoms with E-state index in [1.54, 1.807) is 36.4 Å². The molecule has 0 aliphatic heterocycles. The van der Waals surface area contributed by atoms with Crippen LogP contribution in [0.4, 0.5) is 17.3 Å². The number of nitriles is 1. The van der Waals surface area contributed by atoms with E-state index in [1.165, 1.54) is 0 Å². The van der Waals surface area contributed by atoms with Crippen molar-refractivity contribution in [3.05, 3.63) is 77.1 Å². The lowest BCUT2D eigenvalue weighted by Gasteiger charge is -2.10. The van der Waals surface area contributed by atoms with E-state index in [4.69, 9.17) is 5.26 Å². The minimum absolute atomic E-state index is 0.276. The number of benzene rings is 2. The average Bonchev–Trinajstić information content (AvgIpc) is 2.61. The van der Waals surface area contributed by atoms with Gasteiger partial charge in [-0.15, -0.1) is 0 Å². The number of carbonyl (C=O) groups excluding carboxylic acids is 1. The van der Waals surface area contributed by atoms with E-state index in [1.807, 2.05) is 38.1 Å². The zero-order chi connectivity index (χ0) is 18.5. The Balaban J connectivity index is 1.76. The average molecular weight is 343 g/mol. The topological polar surface area (TPSA) is 90.7 Å². The highest BCUT2D eigenvalue weighted by molar-refractivity contribution is 6.04. The number of hydrogen-bond donors (Lipinski definition) is 2. The second-order valence-electron chi connectivity index (χ2n) is 5.83. The van der Waals surface area contributed by atoms with Crippen LogP contribution in [-0.4, -0.2) is 15.9 Å². The van der Waals surface area contributed by atoms with Crippen molar-refractivity contribution >= 4 is 23.2 Å². The number of rotatable bonds is 4. The Labute approximate surface area is 151 Å². The summed E-state index contributed by atoms with van der Waals surface area (Å²) in [7, 11) is 0. The maximum Gasteiger partial charge on any atom is 0.255 e. The van der Waals surface area contributed by atoms with E-state index in [2.05, 4.69) is 20.6 Å². The first-order valence-corrected chi connectivity index (χ1v) is 8.04. The van der Waals surface area contributed by atoms with Crippen molar-refractivity contribution in [2.24, 2.45) is 0 Å². The zero-order valence-electron chi connectivity index (χ0n) is 14.4. The van der Waals surface area contributed by atoms with Crippen molar-refractivity contribution in [2.75, 3.05) is 10.6 Å². The smallest absolute Gasteiger partial charge is 0.255 e. The minimum atomic E-state index is -0.276. The lowest BCUT2D eigenvalue weighted by molar-refractivity contribution is 0.102. The molecule has 0 saturated carbocycles. The van der Waals surface area contributed by atoms with Gasteiger partial charge in [0.15, 0.2) is 0 Å². The summed E-state index contributed by atoms with van der Waals surface area (Å²) in [6, 6.07) is 17.8. The Bertz CT molecular complexity index is 987. The van der Waals surface area contributed by atoms with Crippen molar-refractivity contribution < 1.29 is 4.79 Å². The van der Waals surface area contributed by atoms with Crippen LogP contribution in [0.3, 0.4) is 0 Å². The molecule has 0 radical (unpaired) electrons. The molecule has 0 aliphatic carbocycles. The van der Waals surface area contributed by atoms with Gasteiger partial charge in [-0.05, 0) is 56.3 Å². The molecule has 0 bridgehead atoms. The first-order valence-electron chi connectivity index (χ1n) is 8.04. The lowest BCUT2D eigenvalue weighted by atomic mass is 10.1. The molecule has 0 saturated heterocycles. The molecular formula is C20H17N5O. The molecular weight excluding hydrogens is 326 g/mol. The number of nitrogens with zero attached hydrogens (tertiary/aromatic N) is 3. The fourth-order valence-corrected chi connectivity index (χ4v) is 2.52. The van der Waals surface area contributed by atoms with E-state index in [0.29, 0.717) is 22.8 Å². The van der Waals surface area contributed by atoms with Crippen LogP contribution >= 0.6 is 0 Å². The summed E-state index contributed by atoms with van der Waals surface area (Å²) in [5, 5.41) is 14.9. The molecule has 0 aliphatic rings. The van der Waals surface area contributed by atoms with Crippen molar-refractivity contribution in [1.29, 1.82) is 5.26 Å². The van der Waals surface area contributed by atoms with Gasteiger partial charge in [0, 0.05) is 28.3 Å². The van der Waals surface area contributed by atoms with Gasteiger partial charge in [0.05, 0.1) is 11.6 Å². The SMILES string of the molecule is Cc1cc(C)nc(Nc2cccc(NC(=O)c3cccc(C#N)c3)c2)n1. The third-order valence-electron chi connectivity index (χ3n) is 3.61. The second-order valence-corrected chi connectivity index (χ2v) is 5.83. The molecule has 0 atom stereocenters. The Morgan fingerprint density at radius 2 is 1.65 bits per heavy atom. The van der Waals surface area contributed by atoms with Gasteiger partial charge in [0.1, 0.15) is 0 Å². The summed E-state index contributed by atoms with van der Waals surface area (Å²) in [5.41, 5.74) is 4.02. The number of amides is 1. The molecule has 0 spiro atoms. The Morgan fingerprint density at radius 1 is 0.962 bits per heavy atom. The molecule has 1 amide bonds.